The Bertz CT molecular complexity index is 1640. The van der Waals surface area contributed by atoms with Crippen molar-refractivity contribution in [3.05, 3.63) is 125 Å². The van der Waals surface area contributed by atoms with Gasteiger partial charge in [-0.3, -0.25) is 19.2 Å². The molecule has 1 spiro atoms. The van der Waals surface area contributed by atoms with E-state index in [0.29, 0.717) is 11.3 Å². The lowest BCUT2D eigenvalue weighted by molar-refractivity contribution is -0.127. The standard InChI is InChI=1S/C33H23NO5/c1-19-11-13-22(14-12-19)28-26-27(33(39-28)29(35)24-9-5-6-10-25(24)30(33)36)32(38)34(31(26)37)23-17-15-21(16-18-23)20-7-3-2-4-8-20/h2-18,26-28H,1H3/t26-,27+,28+/m0/s1. The molecule has 7 rings (SSSR count). The molecule has 0 unspecified atom stereocenters. The molecule has 4 aromatic carbocycles. The highest BCUT2D eigenvalue weighted by molar-refractivity contribution is 6.37. The van der Waals surface area contributed by atoms with E-state index in [0.717, 1.165) is 21.6 Å². The average Bonchev–Trinajstić information content (AvgIpc) is 3.54. The number of benzene rings is 4. The molecule has 1 aliphatic carbocycles. The molecule has 0 bridgehead atoms. The number of anilines is 1. The predicted molar refractivity (Wildman–Crippen MR) is 144 cm³/mol. The molecule has 6 nitrogen and oxygen atoms in total. The van der Waals surface area contributed by atoms with Crippen LogP contribution < -0.4 is 4.90 Å². The first-order chi connectivity index (χ1) is 18.9. The third-order valence-corrected chi connectivity index (χ3v) is 8.16. The molecule has 3 atom stereocenters. The van der Waals surface area contributed by atoms with Crippen molar-refractivity contribution in [2.45, 2.75) is 18.6 Å². The van der Waals surface area contributed by atoms with E-state index in [2.05, 4.69) is 0 Å². The Balaban J connectivity index is 1.34. The topological polar surface area (TPSA) is 80.8 Å². The summed E-state index contributed by atoms with van der Waals surface area (Å²) < 4.78 is 6.34. The quantitative estimate of drug-likeness (QED) is 0.272. The van der Waals surface area contributed by atoms with E-state index in [1.165, 1.54) is 0 Å². The smallest absolute Gasteiger partial charge is 0.241 e. The maximum atomic E-state index is 14.1. The first kappa shape index (κ1) is 23.4. The van der Waals surface area contributed by atoms with Gasteiger partial charge in [-0.1, -0.05) is 96.6 Å². The average molecular weight is 514 g/mol. The van der Waals surface area contributed by atoms with Crippen LogP contribution in [-0.4, -0.2) is 29.0 Å². The number of fused-ring (bicyclic) bond motifs is 3. The number of rotatable bonds is 3. The second kappa shape index (κ2) is 8.41. The van der Waals surface area contributed by atoms with E-state index in [-0.39, 0.29) is 11.1 Å². The number of carbonyl (C=O) groups excluding carboxylic acids is 4. The second-order valence-electron chi connectivity index (χ2n) is 10.3. The summed E-state index contributed by atoms with van der Waals surface area (Å²) in [5.41, 5.74) is 2.36. The Morgan fingerprint density at radius 3 is 1.82 bits per heavy atom. The van der Waals surface area contributed by atoms with Crippen LogP contribution in [-0.2, 0) is 14.3 Å². The summed E-state index contributed by atoms with van der Waals surface area (Å²) >= 11 is 0. The molecule has 190 valence electrons. The number of Topliss-reactive ketones (excluding diaryl/α,β-unsaturated/α-hetero) is 2. The van der Waals surface area contributed by atoms with E-state index in [1.54, 1.807) is 36.4 Å². The summed E-state index contributed by atoms with van der Waals surface area (Å²) in [6.07, 6.45) is -0.928. The molecular formula is C33H23NO5. The van der Waals surface area contributed by atoms with Crippen LogP contribution in [0.4, 0.5) is 5.69 Å². The van der Waals surface area contributed by atoms with Crippen LogP contribution in [0.3, 0.4) is 0 Å². The van der Waals surface area contributed by atoms with Gasteiger partial charge in [0.25, 0.3) is 0 Å². The molecule has 39 heavy (non-hydrogen) atoms. The normalized spacial score (nSPS) is 23.0. The highest BCUT2D eigenvalue weighted by atomic mass is 16.5. The number of hydrogen-bond acceptors (Lipinski definition) is 5. The fourth-order valence-electron chi connectivity index (χ4n) is 6.26. The molecule has 6 heteroatoms. The van der Waals surface area contributed by atoms with Gasteiger partial charge < -0.3 is 4.74 Å². The number of aryl methyl sites for hydroxylation is 1. The number of nitrogens with zero attached hydrogens (tertiary/aromatic N) is 1. The molecule has 2 aliphatic heterocycles. The largest absolute Gasteiger partial charge is 0.349 e. The molecule has 2 amide bonds. The Morgan fingerprint density at radius 1 is 0.641 bits per heavy atom. The second-order valence-corrected chi connectivity index (χ2v) is 10.3. The summed E-state index contributed by atoms with van der Waals surface area (Å²) in [6, 6.07) is 30.8. The monoisotopic (exact) mass is 513 g/mol. The van der Waals surface area contributed by atoms with E-state index in [4.69, 9.17) is 4.74 Å². The highest BCUT2D eigenvalue weighted by Gasteiger charge is 2.74. The number of imide groups is 1. The summed E-state index contributed by atoms with van der Waals surface area (Å²) in [7, 11) is 0. The van der Waals surface area contributed by atoms with Gasteiger partial charge in [-0.25, -0.2) is 4.90 Å². The first-order valence-corrected chi connectivity index (χ1v) is 12.9. The van der Waals surface area contributed by atoms with Crippen molar-refractivity contribution in [1.29, 1.82) is 0 Å². The zero-order chi connectivity index (χ0) is 26.9. The number of hydrogen-bond donors (Lipinski definition) is 0. The van der Waals surface area contributed by atoms with E-state index >= 15 is 0 Å². The van der Waals surface area contributed by atoms with Gasteiger partial charge in [0.05, 0.1) is 23.6 Å². The Kier molecular flexibility index (Phi) is 5.06. The minimum Gasteiger partial charge on any atom is -0.349 e. The molecule has 0 radical (unpaired) electrons. The van der Waals surface area contributed by atoms with Crippen molar-refractivity contribution in [3.8, 4) is 11.1 Å². The van der Waals surface area contributed by atoms with Crippen LogP contribution in [0.2, 0.25) is 0 Å². The lowest BCUT2D eigenvalue weighted by atomic mass is 9.77. The predicted octanol–water partition coefficient (Wildman–Crippen LogP) is 5.36. The lowest BCUT2D eigenvalue weighted by Crippen LogP contribution is -2.51. The van der Waals surface area contributed by atoms with Gasteiger partial charge in [0.2, 0.25) is 29.0 Å². The van der Waals surface area contributed by atoms with Crippen molar-refractivity contribution in [3.63, 3.8) is 0 Å². The fourth-order valence-corrected chi connectivity index (χ4v) is 6.26. The molecule has 0 saturated carbocycles. The lowest BCUT2D eigenvalue weighted by Gasteiger charge is -2.27. The van der Waals surface area contributed by atoms with E-state index in [1.807, 2.05) is 73.7 Å². The van der Waals surface area contributed by atoms with Gasteiger partial charge in [-0.15, -0.1) is 0 Å². The van der Waals surface area contributed by atoms with Gasteiger partial charge in [0.1, 0.15) is 0 Å². The molecule has 2 heterocycles. The van der Waals surface area contributed by atoms with Crippen LogP contribution in [0.15, 0.2) is 103 Å². The third-order valence-electron chi connectivity index (χ3n) is 8.16. The van der Waals surface area contributed by atoms with Crippen LogP contribution in [0.1, 0.15) is 37.9 Å². The van der Waals surface area contributed by atoms with Gasteiger partial charge in [-0.05, 0) is 35.7 Å². The Labute approximate surface area is 224 Å². The molecule has 3 aliphatic rings. The molecule has 2 saturated heterocycles. The number of ether oxygens (including phenoxy) is 1. The molecule has 2 fully saturated rings. The van der Waals surface area contributed by atoms with E-state index < -0.39 is 46.9 Å². The fraction of sp³-hybridized carbons (Fsp3) is 0.152. The third kappa shape index (κ3) is 3.18. The first-order valence-electron chi connectivity index (χ1n) is 12.9. The number of ketones is 2. The van der Waals surface area contributed by atoms with Crippen molar-refractivity contribution in [2.24, 2.45) is 11.8 Å². The SMILES string of the molecule is Cc1ccc([C@H]2OC3(C(=O)c4ccccc4C3=O)[C@H]3C(=O)N(c4ccc(-c5ccccc5)cc4)C(=O)[C@H]23)cc1. The van der Waals surface area contributed by atoms with Crippen molar-refractivity contribution in [2.75, 3.05) is 4.90 Å². The van der Waals surface area contributed by atoms with Crippen LogP contribution >= 0.6 is 0 Å². The molecular weight excluding hydrogens is 490 g/mol. The minimum absolute atomic E-state index is 0.219. The maximum Gasteiger partial charge on any atom is 0.241 e. The van der Waals surface area contributed by atoms with E-state index in [9.17, 15) is 19.2 Å². The Hall–Kier alpha value is -4.68. The molecule has 0 N–H and O–H groups in total. The van der Waals surface area contributed by atoms with Gasteiger partial charge in [0.15, 0.2) is 0 Å². The van der Waals surface area contributed by atoms with Gasteiger partial charge in [0, 0.05) is 11.1 Å². The number of amides is 2. The van der Waals surface area contributed by atoms with Crippen LogP contribution in [0, 0.1) is 18.8 Å². The van der Waals surface area contributed by atoms with Crippen LogP contribution in [0.25, 0.3) is 11.1 Å². The number of carbonyl (C=O) groups is 4. The van der Waals surface area contributed by atoms with Crippen molar-refractivity contribution >= 4 is 29.1 Å². The summed E-state index contributed by atoms with van der Waals surface area (Å²) in [5.74, 6) is -4.47. The zero-order valence-electron chi connectivity index (χ0n) is 21.0. The minimum atomic E-state index is -2.07. The zero-order valence-corrected chi connectivity index (χ0v) is 21.0. The highest BCUT2D eigenvalue weighted by Crippen LogP contribution is 2.57. The van der Waals surface area contributed by atoms with Crippen LogP contribution in [0.5, 0.6) is 0 Å². The maximum absolute atomic E-state index is 14.1. The summed E-state index contributed by atoms with van der Waals surface area (Å²) in [4.78, 5) is 57.0. The molecule has 4 aromatic rings. The van der Waals surface area contributed by atoms with Crippen molar-refractivity contribution < 1.29 is 23.9 Å². The van der Waals surface area contributed by atoms with Gasteiger partial charge in [-0.2, -0.15) is 0 Å². The van der Waals surface area contributed by atoms with Crippen molar-refractivity contribution in [1.82, 2.24) is 0 Å². The Morgan fingerprint density at radius 2 is 1.21 bits per heavy atom. The molecule has 0 aromatic heterocycles. The summed E-state index contributed by atoms with van der Waals surface area (Å²) in [5, 5.41) is 0. The summed E-state index contributed by atoms with van der Waals surface area (Å²) in [6.45, 7) is 1.94. The van der Waals surface area contributed by atoms with Gasteiger partial charge >= 0.3 is 0 Å².